The van der Waals surface area contributed by atoms with Crippen molar-refractivity contribution in [1.82, 2.24) is 9.97 Å². The Kier molecular flexibility index (Phi) is 5.58. The summed E-state index contributed by atoms with van der Waals surface area (Å²) < 4.78 is 26.4. The van der Waals surface area contributed by atoms with Crippen LogP contribution in [0.15, 0.2) is 9.95 Å². The molecule has 0 radical (unpaired) electrons. The number of aliphatic carboxylic acids is 1. The normalized spacial score (nSPS) is 18.8. The second-order valence-electron chi connectivity index (χ2n) is 5.65. The molecule has 1 heterocycles. The van der Waals surface area contributed by atoms with Crippen LogP contribution in [0, 0.1) is 5.41 Å². The third-order valence-electron chi connectivity index (χ3n) is 3.77. The predicted molar refractivity (Wildman–Crippen MR) is 86.5 cm³/mol. The van der Waals surface area contributed by atoms with Crippen LogP contribution in [-0.2, 0) is 4.79 Å². The van der Waals surface area contributed by atoms with Crippen molar-refractivity contribution in [3.63, 3.8) is 0 Å². The Hall–Kier alpha value is -1.97. The van der Waals surface area contributed by atoms with Gasteiger partial charge in [-0.05, 0) is 19.8 Å². The van der Waals surface area contributed by atoms with E-state index in [4.69, 9.17) is 10.5 Å². The number of nitrogens with zero attached hydrogens (tertiary/aromatic N) is 1. The van der Waals surface area contributed by atoms with E-state index in [1.165, 1.54) is 6.92 Å². The van der Waals surface area contributed by atoms with Crippen molar-refractivity contribution in [1.29, 1.82) is 5.41 Å². The highest BCUT2D eigenvalue weighted by Gasteiger charge is 2.35. The zero-order valence-electron chi connectivity index (χ0n) is 12.9. The molecule has 1 aromatic rings. The van der Waals surface area contributed by atoms with Gasteiger partial charge < -0.3 is 20.8 Å². The highest BCUT2D eigenvalue weighted by Crippen LogP contribution is 2.34. The molecule has 24 heavy (non-hydrogen) atoms. The highest BCUT2D eigenvalue weighted by atomic mass is 32.2. The second-order valence-corrected chi connectivity index (χ2v) is 6.98. The van der Waals surface area contributed by atoms with Crippen molar-refractivity contribution >= 4 is 29.8 Å². The van der Waals surface area contributed by atoms with E-state index in [0.717, 1.165) is 18.0 Å². The molecule has 10 heteroatoms. The lowest BCUT2D eigenvalue weighted by atomic mass is 9.92. The number of alkyl halides is 2. The van der Waals surface area contributed by atoms with Crippen molar-refractivity contribution in [2.24, 2.45) is 0 Å². The van der Waals surface area contributed by atoms with Gasteiger partial charge in [0.05, 0.1) is 5.56 Å². The van der Waals surface area contributed by atoms with E-state index in [2.05, 4.69) is 15.3 Å². The van der Waals surface area contributed by atoms with E-state index in [9.17, 15) is 18.4 Å². The first-order chi connectivity index (χ1) is 11.2. The average molecular weight is 360 g/mol. The van der Waals surface area contributed by atoms with Gasteiger partial charge in [-0.15, -0.1) is 0 Å². The maximum Gasteiger partial charge on any atom is 0.316 e. The third-order valence-corrected chi connectivity index (χ3v) is 4.74. The minimum Gasteiger partial charge on any atom is -0.480 e. The predicted octanol–water partition coefficient (Wildman–Crippen LogP) is 2.32. The van der Waals surface area contributed by atoms with Gasteiger partial charge in [0, 0.05) is 25.1 Å². The Balaban J connectivity index is 2.21. The summed E-state index contributed by atoms with van der Waals surface area (Å²) in [6.45, 7) is 1.45. The van der Waals surface area contributed by atoms with Crippen molar-refractivity contribution in [3.05, 3.63) is 15.9 Å². The molecule has 0 saturated heterocycles. The van der Waals surface area contributed by atoms with Crippen molar-refractivity contribution < 1.29 is 18.7 Å². The molecule has 0 spiro atoms. The topological polar surface area (TPSA) is 119 Å². The molecule has 132 valence electrons. The number of H-pyrrole nitrogens is 1. The molecule has 1 fully saturated rings. The van der Waals surface area contributed by atoms with Crippen LogP contribution in [-0.4, -0.2) is 44.5 Å². The fraction of sp³-hybridized carbons (Fsp3) is 0.571. The number of carbonyl (C=O) groups is 1. The third kappa shape index (κ3) is 4.53. The van der Waals surface area contributed by atoms with Gasteiger partial charge in [-0.1, -0.05) is 11.8 Å². The highest BCUT2D eigenvalue weighted by molar-refractivity contribution is 8.00. The van der Waals surface area contributed by atoms with Crippen LogP contribution in [0.1, 0.15) is 38.2 Å². The van der Waals surface area contributed by atoms with Crippen LogP contribution in [0.25, 0.3) is 0 Å². The summed E-state index contributed by atoms with van der Waals surface area (Å²) in [6.07, 6.45) is 0.803. The zero-order chi connectivity index (χ0) is 17.9. The number of carboxylic acid groups (broad SMARTS) is 1. The Bertz CT molecular complexity index is 685. The summed E-state index contributed by atoms with van der Waals surface area (Å²) in [6, 6.07) is -0.271. The SMILES string of the molecule is CC(Sc1nc(NC2CCC(F)(F)CC2)c(C=N)c(=O)[nH]1)C(=O)O. The number of thioether (sulfide) groups is 1. The van der Waals surface area contributed by atoms with Crippen molar-refractivity contribution in [2.75, 3.05) is 5.32 Å². The number of halogens is 2. The summed E-state index contributed by atoms with van der Waals surface area (Å²) in [5, 5.41) is 18.5. The zero-order valence-corrected chi connectivity index (χ0v) is 13.8. The Labute approximate surface area is 140 Å². The van der Waals surface area contributed by atoms with Crippen molar-refractivity contribution in [2.45, 2.75) is 55.0 Å². The molecule has 1 unspecified atom stereocenters. The van der Waals surface area contributed by atoms with Crippen molar-refractivity contribution in [3.8, 4) is 0 Å². The van der Waals surface area contributed by atoms with Gasteiger partial charge in [0.1, 0.15) is 11.1 Å². The molecule has 0 amide bonds. The molecular formula is C14H18F2N4O3S. The fourth-order valence-electron chi connectivity index (χ4n) is 2.36. The maximum atomic E-state index is 13.2. The molecule has 0 aliphatic heterocycles. The summed E-state index contributed by atoms with van der Waals surface area (Å²) in [5.74, 6) is -3.60. The van der Waals surface area contributed by atoms with E-state index >= 15 is 0 Å². The molecule has 1 atom stereocenters. The number of aromatic amines is 1. The maximum absolute atomic E-state index is 13.2. The Morgan fingerprint density at radius 2 is 2.17 bits per heavy atom. The first kappa shape index (κ1) is 18.4. The summed E-state index contributed by atoms with van der Waals surface area (Å²) >= 11 is 0.860. The van der Waals surface area contributed by atoms with Gasteiger partial charge in [-0.2, -0.15) is 0 Å². The number of anilines is 1. The molecule has 0 bridgehead atoms. The van der Waals surface area contributed by atoms with Crippen LogP contribution < -0.4 is 10.9 Å². The van der Waals surface area contributed by atoms with Gasteiger partial charge >= 0.3 is 5.97 Å². The van der Waals surface area contributed by atoms with E-state index in [1.54, 1.807) is 0 Å². The van der Waals surface area contributed by atoms with E-state index in [-0.39, 0.29) is 48.3 Å². The van der Waals surface area contributed by atoms with Gasteiger partial charge in [0.2, 0.25) is 5.92 Å². The summed E-state index contributed by atoms with van der Waals surface area (Å²) in [5.41, 5.74) is -0.594. The molecule has 2 rings (SSSR count). The standard InChI is InChI=1S/C14H18F2N4O3S/c1-7(12(22)23)24-13-19-10(9(6-17)11(21)20-13)18-8-2-4-14(15,16)5-3-8/h6-8,17H,2-5H2,1H3,(H,22,23)(H2,18,19,20,21). The Morgan fingerprint density at radius 1 is 1.54 bits per heavy atom. The number of hydrogen-bond donors (Lipinski definition) is 4. The monoisotopic (exact) mass is 360 g/mol. The lowest BCUT2D eigenvalue weighted by molar-refractivity contribution is -0.136. The number of hydrogen-bond acceptors (Lipinski definition) is 6. The van der Waals surface area contributed by atoms with E-state index < -0.39 is 22.7 Å². The quantitative estimate of drug-likeness (QED) is 0.351. The molecule has 7 nitrogen and oxygen atoms in total. The molecule has 1 aliphatic carbocycles. The second kappa shape index (κ2) is 7.29. The van der Waals surface area contributed by atoms with Crippen LogP contribution in [0.4, 0.5) is 14.6 Å². The summed E-state index contributed by atoms with van der Waals surface area (Å²) in [4.78, 5) is 29.5. The van der Waals surface area contributed by atoms with Gasteiger partial charge in [0.25, 0.3) is 5.56 Å². The minimum atomic E-state index is -2.66. The first-order valence-corrected chi connectivity index (χ1v) is 8.28. The molecule has 4 N–H and O–H groups in total. The van der Waals surface area contributed by atoms with Gasteiger partial charge in [-0.25, -0.2) is 13.8 Å². The molecule has 0 aromatic carbocycles. The Morgan fingerprint density at radius 3 is 2.71 bits per heavy atom. The minimum absolute atomic E-state index is 0.0142. The molecule has 1 saturated carbocycles. The van der Waals surface area contributed by atoms with Gasteiger partial charge in [0.15, 0.2) is 5.16 Å². The van der Waals surface area contributed by atoms with Crippen LogP contribution >= 0.6 is 11.8 Å². The molecule has 1 aliphatic rings. The fourth-order valence-corrected chi connectivity index (χ4v) is 3.09. The number of nitrogens with one attached hydrogen (secondary N) is 3. The van der Waals surface area contributed by atoms with Crippen LogP contribution in [0.2, 0.25) is 0 Å². The van der Waals surface area contributed by atoms with Crippen LogP contribution in [0.3, 0.4) is 0 Å². The lowest BCUT2D eigenvalue weighted by Gasteiger charge is -2.29. The number of aromatic nitrogens is 2. The molecule has 1 aromatic heterocycles. The largest absolute Gasteiger partial charge is 0.480 e. The smallest absolute Gasteiger partial charge is 0.316 e. The first-order valence-electron chi connectivity index (χ1n) is 7.40. The summed E-state index contributed by atoms with van der Waals surface area (Å²) in [7, 11) is 0. The lowest BCUT2D eigenvalue weighted by Crippen LogP contribution is -2.33. The average Bonchev–Trinajstić information content (AvgIpc) is 2.49. The number of rotatable bonds is 6. The molecular weight excluding hydrogens is 342 g/mol. The van der Waals surface area contributed by atoms with E-state index in [1.807, 2.05) is 0 Å². The van der Waals surface area contributed by atoms with Crippen LogP contribution in [0.5, 0.6) is 0 Å². The van der Waals surface area contributed by atoms with Gasteiger partial charge in [-0.3, -0.25) is 9.59 Å². The van der Waals surface area contributed by atoms with E-state index in [0.29, 0.717) is 0 Å². The number of carboxylic acids is 1.